The first-order valence-corrected chi connectivity index (χ1v) is 10.2. The topological polar surface area (TPSA) is 66.6 Å². The molecule has 1 saturated carbocycles. The molecule has 1 aromatic carbocycles. The van der Waals surface area contributed by atoms with E-state index in [2.05, 4.69) is 28.4 Å². The third kappa shape index (κ3) is 7.03. The van der Waals surface area contributed by atoms with Crippen LogP contribution in [0.25, 0.3) is 0 Å². The van der Waals surface area contributed by atoms with E-state index in [0.717, 1.165) is 29.9 Å². The highest BCUT2D eigenvalue weighted by Gasteiger charge is 2.21. The number of hydrogen-bond donors (Lipinski definition) is 4. The highest BCUT2D eigenvalue weighted by atomic mass is 32.1. The van der Waals surface area contributed by atoms with Gasteiger partial charge in [-0.15, -0.1) is 0 Å². The Kier molecular flexibility index (Phi) is 8.87. The summed E-state index contributed by atoms with van der Waals surface area (Å²) in [5, 5.41) is 7.63. The molecule has 1 aliphatic carbocycles. The van der Waals surface area contributed by atoms with Gasteiger partial charge in [-0.3, -0.25) is 10.9 Å². The zero-order valence-electron chi connectivity index (χ0n) is 16.3. The number of hydrazine groups is 1. The highest BCUT2D eigenvalue weighted by molar-refractivity contribution is 7.80. The summed E-state index contributed by atoms with van der Waals surface area (Å²) in [6, 6.07) is 6.33. The number of benzene rings is 1. The van der Waals surface area contributed by atoms with Gasteiger partial charge in [0.05, 0.1) is 14.2 Å². The molecule has 0 spiro atoms. The molecule has 8 heteroatoms. The maximum Gasteiger partial charge on any atom is 0.185 e. The molecule has 0 heterocycles. The second-order valence-corrected chi connectivity index (χ2v) is 7.60. The fraction of sp³-hybridized carbons (Fsp3) is 0.579. The number of thiocarbonyl (C=S) groups is 2. The van der Waals surface area contributed by atoms with E-state index in [0.29, 0.717) is 28.7 Å². The molecule has 0 unspecified atom stereocenters. The second kappa shape index (κ2) is 11.1. The Morgan fingerprint density at radius 1 is 1.04 bits per heavy atom. The molecule has 150 valence electrons. The molecule has 0 bridgehead atoms. The average molecular weight is 411 g/mol. The normalized spacial score (nSPS) is 18.9. The van der Waals surface area contributed by atoms with Crippen molar-refractivity contribution in [2.45, 2.75) is 45.1 Å². The van der Waals surface area contributed by atoms with E-state index >= 15 is 0 Å². The fourth-order valence-electron chi connectivity index (χ4n) is 3.25. The van der Waals surface area contributed by atoms with Gasteiger partial charge < -0.3 is 20.1 Å². The molecule has 2 atom stereocenters. The molecule has 0 aliphatic heterocycles. The van der Waals surface area contributed by atoms with Crippen molar-refractivity contribution < 1.29 is 9.47 Å². The molecule has 6 nitrogen and oxygen atoms in total. The number of ether oxygens (including phenoxy) is 2. The Hall–Kier alpha value is -1.80. The Morgan fingerprint density at radius 2 is 1.74 bits per heavy atom. The summed E-state index contributed by atoms with van der Waals surface area (Å²) < 4.78 is 10.6. The Labute approximate surface area is 172 Å². The summed E-state index contributed by atoms with van der Waals surface area (Å²) in [5.74, 6) is 2.10. The van der Waals surface area contributed by atoms with Crippen molar-refractivity contribution in [3.63, 3.8) is 0 Å². The van der Waals surface area contributed by atoms with Crippen molar-refractivity contribution in [1.29, 1.82) is 0 Å². The standard InChI is InChI=1S/C19H30N4O2S2/c1-13-6-4-5-7-15(13)21-19(27)23-22-18(26)20-11-10-14-8-9-16(24-2)17(12-14)25-3/h8-9,12-13,15H,4-7,10-11H2,1-3H3,(H2,20,22,26)(H2,21,23,27)/t13-,15-/m1/s1. The van der Waals surface area contributed by atoms with Gasteiger partial charge >= 0.3 is 0 Å². The summed E-state index contributed by atoms with van der Waals surface area (Å²) in [6.07, 6.45) is 5.80. The van der Waals surface area contributed by atoms with Crippen LogP contribution < -0.4 is 31.0 Å². The van der Waals surface area contributed by atoms with Gasteiger partial charge in [-0.25, -0.2) is 0 Å². The lowest BCUT2D eigenvalue weighted by Gasteiger charge is -2.30. The van der Waals surface area contributed by atoms with Crippen LogP contribution in [0.4, 0.5) is 0 Å². The molecule has 1 fully saturated rings. The summed E-state index contributed by atoms with van der Waals surface area (Å²) >= 11 is 10.6. The Bertz CT molecular complexity index is 642. The molecule has 0 radical (unpaired) electrons. The molecule has 0 aromatic heterocycles. The molecular formula is C19H30N4O2S2. The van der Waals surface area contributed by atoms with Crippen LogP contribution in [-0.2, 0) is 6.42 Å². The first-order chi connectivity index (χ1) is 13.0. The van der Waals surface area contributed by atoms with E-state index in [1.54, 1.807) is 14.2 Å². The monoisotopic (exact) mass is 410 g/mol. The van der Waals surface area contributed by atoms with Crippen molar-refractivity contribution in [2.75, 3.05) is 20.8 Å². The van der Waals surface area contributed by atoms with E-state index < -0.39 is 0 Å². The predicted molar refractivity (Wildman–Crippen MR) is 117 cm³/mol. The molecule has 1 aliphatic rings. The molecule has 4 N–H and O–H groups in total. The van der Waals surface area contributed by atoms with Gasteiger partial charge in [0.15, 0.2) is 21.7 Å². The SMILES string of the molecule is COc1ccc(CCNC(=S)NNC(=S)N[C@@H]2CCCC[C@H]2C)cc1OC. The van der Waals surface area contributed by atoms with Crippen molar-refractivity contribution in [3.05, 3.63) is 23.8 Å². The van der Waals surface area contributed by atoms with Gasteiger partial charge in [0.25, 0.3) is 0 Å². The predicted octanol–water partition coefficient (Wildman–Crippen LogP) is 2.67. The van der Waals surface area contributed by atoms with Crippen molar-refractivity contribution in [3.8, 4) is 11.5 Å². The highest BCUT2D eigenvalue weighted by Crippen LogP contribution is 2.27. The Morgan fingerprint density at radius 3 is 2.44 bits per heavy atom. The molecule has 2 rings (SSSR count). The van der Waals surface area contributed by atoms with Crippen LogP contribution in [0.3, 0.4) is 0 Å². The van der Waals surface area contributed by atoms with Crippen LogP contribution in [0.2, 0.25) is 0 Å². The van der Waals surface area contributed by atoms with Crippen LogP contribution in [0, 0.1) is 5.92 Å². The van der Waals surface area contributed by atoms with Gasteiger partial charge in [0, 0.05) is 12.6 Å². The average Bonchev–Trinajstić information content (AvgIpc) is 2.68. The zero-order chi connectivity index (χ0) is 19.6. The minimum Gasteiger partial charge on any atom is -0.493 e. The number of nitrogens with one attached hydrogen (secondary N) is 4. The maximum absolute atomic E-state index is 5.35. The summed E-state index contributed by atoms with van der Waals surface area (Å²) in [6.45, 7) is 2.97. The molecule has 27 heavy (non-hydrogen) atoms. The third-order valence-electron chi connectivity index (χ3n) is 4.86. The minimum absolute atomic E-state index is 0.437. The van der Waals surface area contributed by atoms with E-state index in [1.165, 1.54) is 19.3 Å². The fourth-order valence-corrected chi connectivity index (χ4v) is 3.60. The first kappa shape index (κ1) is 21.5. The summed E-state index contributed by atoms with van der Waals surface area (Å²) in [5.41, 5.74) is 7.04. The molecule has 1 aromatic rings. The third-order valence-corrected chi connectivity index (χ3v) is 5.33. The van der Waals surface area contributed by atoms with Crippen molar-refractivity contribution in [1.82, 2.24) is 21.5 Å². The second-order valence-electron chi connectivity index (χ2n) is 6.79. The largest absolute Gasteiger partial charge is 0.493 e. The van der Waals surface area contributed by atoms with Gasteiger partial charge in [-0.05, 0) is 67.3 Å². The first-order valence-electron chi connectivity index (χ1n) is 9.34. The number of methoxy groups -OCH3 is 2. The quantitative estimate of drug-likeness (QED) is 0.422. The van der Waals surface area contributed by atoms with Crippen LogP contribution >= 0.6 is 24.4 Å². The smallest absolute Gasteiger partial charge is 0.185 e. The van der Waals surface area contributed by atoms with Crippen molar-refractivity contribution in [2.24, 2.45) is 5.92 Å². The maximum atomic E-state index is 5.35. The minimum atomic E-state index is 0.437. The van der Waals surface area contributed by atoms with Gasteiger partial charge in [0.1, 0.15) is 0 Å². The zero-order valence-corrected chi connectivity index (χ0v) is 17.9. The van der Waals surface area contributed by atoms with Crippen LogP contribution in [0.5, 0.6) is 11.5 Å². The van der Waals surface area contributed by atoms with Gasteiger partial charge in [0.2, 0.25) is 0 Å². The van der Waals surface area contributed by atoms with E-state index in [1.807, 2.05) is 18.2 Å². The molecular weight excluding hydrogens is 380 g/mol. The number of hydrogen-bond acceptors (Lipinski definition) is 4. The lowest BCUT2D eigenvalue weighted by Crippen LogP contribution is -2.53. The van der Waals surface area contributed by atoms with E-state index in [-0.39, 0.29) is 0 Å². The molecule has 0 saturated heterocycles. The summed E-state index contributed by atoms with van der Waals surface area (Å²) in [7, 11) is 3.26. The Balaban J connectivity index is 1.66. The van der Waals surface area contributed by atoms with E-state index in [9.17, 15) is 0 Å². The van der Waals surface area contributed by atoms with Gasteiger partial charge in [-0.2, -0.15) is 0 Å². The molecule has 0 amide bonds. The number of rotatable bonds is 6. The lowest BCUT2D eigenvalue weighted by molar-refractivity contribution is 0.308. The summed E-state index contributed by atoms with van der Waals surface area (Å²) in [4.78, 5) is 0. The van der Waals surface area contributed by atoms with Crippen LogP contribution in [0.1, 0.15) is 38.2 Å². The van der Waals surface area contributed by atoms with Crippen LogP contribution in [-0.4, -0.2) is 37.0 Å². The van der Waals surface area contributed by atoms with E-state index in [4.69, 9.17) is 33.9 Å². The van der Waals surface area contributed by atoms with Crippen molar-refractivity contribution >= 4 is 34.7 Å². The van der Waals surface area contributed by atoms with Crippen LogP contribution in [0.15, 0.2) is 18.2 Å². The van der Waals surface area contributed by atoms with Gasteiger partial charge in [-0.1, -0.05) is 25.8 Å². The lowest BCUT2D eigenvalue weighted by atomic mass is 9.86.